The van der Waals surface area contributed by atoms with Gasteiger partial charge in [-0.1, -0.05) is 6.07 Å². The van der Waals surface area contributed by atoms with E-state index in [9.17, 15) is 0 Å². The molecule has 0 aromatic heterocycles. The predicted octanol–water partition coefficient (Wildman–Crippen LogP) is 2.10. The minimum Gasteiger partial charge on any atom is -0.493 e. The van der Waals surface area contributed by atoms with Crippen molar-refractivity contribution in [3.63, 3.8) is 0 Å². The fourth-order valence-electron chi connectivity index (χ4n) is 2.82. The lowest BCUT2D eigenvalue weighted by molar-refractivity contribution is 0.325. The number of piperidine rings is 1. The predicted molar refractivity (Wildman–Crippen MR) is 67.0 cm³/mol. The Labute approximate surface area is 102 Å². The van der Waals surface area contributed by atoms with Crippen LogP contribution < -0.4 is 14.8 Å². The quantitative estimate of drug-likeness (QED) is 0.848. The summed E-state index contributed by atoms with van der Waals surface area (Å²) in [6.45, 7) is 3.03. The first-order chi connectivity index (χ1) is 8.38. The van der Waals surface area contributed by atoms with Crippen LogP contribution in [0.3, 0.4) is 0 Å². The van der Waals surface area contributed by atoms with Crippen LogP contribution in [0, 0.1) is 0 Å². The second kappa shape index (κ2) is 4.57. The van der Waals surface area contributed by atoms with Crippen molar-refractivity contribution >= 4 is 0 Å². The highest BCUT2D eigenvalue weighted by molar-refractivity contribution is 5.52. The Kier molecular flexibility index (Phi) is 2.93. The smallest absolute Gasteiger partial charge is 0.164 e. The standard InChI is InChI=1S/C14H19NO2/c1-16-13-8-12(11-3-2-5-15-9-11)7-10-4-6-17-14(10)13/h7-8,11,15H,2-6,9H2,1H3. The first kappa shape index (κ1) is 10.9. The molecule has 3 rings (SSSR count). The van der Waals surface area contributed by atoms with Gasteiger partial charge in [-0.25, -0.2) is 0 Å². The number of fused-ring (bicyclic) bond motifs is 1. The Morgan fingerprint density at radius 2 is 2.35 bits per heavy atom. The topological polar surface area (TPSA) is 30.5 Å². The Morgan fingerprint density at radius 3 is 3.12 bits per heavy atom. The molecule has 1 fully saturated rings. The molecule has 0 spiro atoms. The molecule has 0 saturated carbocycles. The van der Waals surface area contributed by atoms with Gasteiger partial charge in [0.25, 0.3) is 0 Å². The van der Waals surface area contributed by atoms with Gasteiger partial charge in [-0.05, 0) is 36.9 Å². The fraction of sp³-hybridized carbons (Fsp3) is 0.571. The van der Waals surface area contributed by atoms with Gasteiger partial charge in [0, 0.05) is 18.5 Å². The molecule has 2 aliphatic rings. The molecule has 17 heavy (non-hydrogen) atoms. The first-order valence-electron chi connectivity index (χ1n) is 6.43. The molecule has 3 nitrogen and oxygen atoms in total. The van der Waals surface area contributed by atoms with Crippen molar-refractivity contribution in [2.24, 2.45) is 0 Å². The number of rotatable bonds is 2. The zero-order valence-corrected chi connectivity index (χ0v) is 10.3. The number of nitrogens with one attached hydrogen (secondary N) is 1. The number of hydrogen-bond donors (Lipinski definition) is 1. The monoisotopic (exact) mass is 233 g/mol. The van der Waals surface area contributed by atoms with Crippen molar-refractivity contribution in [1.29, 1.82) is 0 Å². The maximum absolute atomic E-state index is 5.62. The van der Waals surface area contributed by atoms with Crippen molar-refractivity contribution in [3.05, 3.63) is 23.3 Å². The van der Waals surface area contributed by atoms with Crippen LogP contribution in [0.1, 0.15) is 29.9 Å². The minimum absolute atomic E-state index is 0.628. The summed E-state index contributed by atoms with van der Waals surface area (Å²) in [4.78, 5) is 0. The van der Waals surface area contributed by atoms with Crippen LogP contribution >= 0.6 is 0 Å². The van der Waals surface area contributed by atoms with Crippen LogP contribution in [-0.4, -0.2) is 26.8 Å². The Bertz CT molecular complexity index is 411. The van der Waals surface area contributed by atoms with Gasteiger partial charge in [0.05, 0.1) is 13.7 Å². The van der Waals surface area contributed by atoms with E-state index in [4.69, 9.17) is 9.47 Å². The summed E-state index contributed by atoms with van der Waals surface area (Å²) >= 11 is 0. The summed E-state index contributed by atoms with van der Waals surface area (Å²) < 4.78 is 11.1. The average Bonchev–Trinajstić information content (AvgIpc) is 2.86. The van der Waals surface area contributed by atoms with E-state index in [2.05, 4.69) is 17.4 Å². The molecule has 92 valence electrons. The second-order valence-corrected chi connectivity index (χ2v) is 4.85. The zero-order valence-electron chi connectivity index (χ0n) is 10.3. The van der Waals surface area contributed by atoms with Crippen LogP contribution in [-0.2, 0) is 6.42 Å². The van der Waals surface area contributed by atoms with E-state index in [0.29, 0.717) is 5.92 Å². The summed E-state index contributed by atoms with van der Waals surface area (Å²) in [5.41, 5.74) is 2.71. The molecular weight excluding hydrogens is 214 g/mol. The summed E-state index contributed by atoms with van der Waals surface area (Å²) in [6, 6.07) is 4.46. The van der Waals surface area contributed by atoms with Crippen molar-refractivity contribution in [2.75, 3.05) is 26.8 Å². The van der Waals surface area contributed by atoms with Crippen LogP contribution in [0.15, 0.2) is 12.1 Å². The maximum atomic E-state index is 5.62. The Hall–Kier alpha value is -1.22. The fourth-order valence-corrected chi connectivity index (χ4v) is 2.82. The van der Waals surface area contributed by atoms with E-state index in [1.807, 2.05) is 0 Å². The Balaban J connectivity index is 1.94. The molecule has 1 N–H and O–H groups in total. The molecule has 3 heteroatoms. The molecule has 1 saturated heterocycles. The van der Waals surface area contributed by atoms with Crippen LogP contribution in [0.4, 0.5) is 0 Å². The van der Waals surface area contributed by atoms with Gasteiger partial charge in [-0.3, -0.25) is 0 Å². The summed E-state index contributed by atoms with van der Waals surface area (Å²) in [5, 5.41) is 3.47. The van der Waals surface area contributed by atoms with E-state index in [-0.39, 0.29) is 0 Å². The molecule has 0 amide bonds. The normalized spacial score (nSPS) is 23.0. The van der Waals surface area contributed by atoms with Crippen molar-refractivity contribution in [1.82, 2.24) is 5.32 Å². The lowest BCUT2D eigenvalue weighted by Gasteiger charge is -2.24. The molecule has 0 radical (unpaired) electrons. The maximum Gasteiger partial charge on any atom is 0.164 e. The largest absolute Gasteiger partial charge is 0.493 e. The highest BCUT2D eigenvalue weighted by atomic mass is 16.5. The van der Waals surface area contributed by atoms with Gasteiger partial charge in [-0.2, -0.15) is 0 Å². The lowest BCUT2D eigenvalue weighted by Crippen LogP contribution is -2.28. The van der Waals surface area contributed by atoms with Crippen LogP contribution in [0.5, 0.6) is 11.5 Å². The molecule has 2 heterocycles. The third-order valence-corrected chi connectivity index (χ3v) is 3.76. The number of methoxy groups -OCH3 is 1. The van der Waals surface area contributed by atoms with E-state index in [0.717, 1.165) is 37.6 Å². The lowest BCUT2D eigenvalue weighted by atomic mass is 9.90. The van der Waals surface area contributed by atoms with Crippen molar-refractivity contribution in [2.45, 2.75) is 25.2 Å². The van der Waals surface area contributed by atoms with Gasteiger partial charge < -0.3 is 14.8 Å². The molecule has 2 aliphatic heterocycles. The van der Waals surface area contributed by atoms with Crippen molar-refractivity contribution in [3.8, 4) is 11.5 Å². The van der Waals surface area contributed by atoms with Gasteiger partial charge >= 0.3 is 0 Å². The number of benzene rings is 1. The third kappa shape index (κ3) is 2.00. The Morgan fingerprint density at radius 1 is 1.41 bits per heavy atom. The molecule has 0 aliphatic carbocycles. The second-order valence-electron chi connectivity index (χ2n) is 4.85. The first-order valence-corrected chi connectivity index (χ1v) is 6.43. The highest BCUT2D eigenvalue weighted by Crippen LogP contribution is 2.39. The van der Waals surface area contributed by atoms with E-state index < -0.39 is 0 Å². The molecule has 1 atom stereocenters. The number of hydrogen-bond acceptors (Lipinski definition) is 3. The third-order valence-electron chi connectivity index (χ3n) is 3.76. The van der Waals surface area contributed by atoms with E-state index in [1.165, 1.54) is 24.0 Å². The SMILES string of the molecule is COc1cc(C2CCCNC2)cc2c1OCC2. The highest BCUT2D eigenvalue weighted by Gasteiger charge is 2.22. The summed E-state index contributed by atoms with van der Waals surface area (Å²) in [5.74, 6) is 2.49. The summed E-state index contributed by atoms with van der Waals surface area (Å²) in [7, 11) is 1.72. The molecule has 1 unspecified atom stereocenters. The molecule has 0 bridgehead atoms. The van der Waals surface area contributed by atoms with Gasteiger partial charge in [-0.15, -0.1) is 0 Å². The van der Waals surface area contributed by atoms with Gasteiger partial charge in [0.15, 0.2) is 11.5 Å². The van der Waals surface area contributed by atoms with Gasteiger partial charge in [0.1, 0.15) is 0 Å². The minimum atomic E-state index is 0.628. The van der Waals surface area contributed by atoms with Crippen LogP contribution in [0.2, 0.25) is 0 Å². The average molecular weight is 233 g/mol. The van der Waals surface area contributed by atoms with Gasteiger partial charge in [0.2, 0.25) is 0 Å². The van der Waals surface area contributed by atoms with Crippen molar-refractivity contribution < 1.29 is 9.47 Å². The molecule has 1 aromatic rings. The number of ether oxygens (including phenoxy) is 2. The zero-order chi connectivity index (χ0) is 11.7. The molecule has 1 aromatic carbocycles. The summed E-state index contributed by atoms with van der Waals surface area (Å²) in [6.07, 6.45) is 3.55. The molecular formula is C14H19NO2. The van der Waals surface area contributed by atoms with E-state index >= 15 is 0 Å². The van der Waals surface area contributed by atoms with E-state index in [1.54, 1.807) is 7.11 Å². The van der Waals surface area contributed by atoms with Crippen LogP contribution in [0.25, 0.3) is 0 Å².